The fourth-order valence-electron chi connectivity index (χ4n) is 1.56. The number of likely N-dealkylation sites (N-methyl/N-ethyl adjacent to an activating group) is 1. The molecule has 0 saturated heterocycles. The maximum atomic E-state index is 11.4. The van der Waals surface area contributed by atoms with Crippen molar-refractivity contribution in [3.63, 3.8) is 0 Å². The van der Waals surface area contributed by atoms with E-state index in [2.05, 4.69) is 26.6 Å². The summed E-state index contributed by atoms with van der Waals surface area (Å²) in [6, 6.07) is 2.94. The van der Waals surface area contributed by atoms with Crippen LogP contribution in [0.1, 0.15) is 11.6 Å². The van der Waals surface area contributed by atoms with Gasteiger partial charge in [-0.15, -0.1) is 0 Å². The number of anilines is 1. The lowest BCUT2D eigenvalue weighted by atomic mass is 10.1. The van der Waals surface area contributed by atoms with E-state index >= 15 is 0 Å². The highest BCUT2D eigenvalue weighted by Crippen LogP contribution is 2.37. The van der Waals surface area contributed by atoms with Gasteiger partial charge in [0.05, 0.1) is 4.47 Å². The standard InChI is InChI=1S/C9H9BrN2O2/c1-11-8-4-2-5(10)7(13)3-6(4)12-9(8)14/h2-3,8,11,13H,1H3,(H,12,14). The average Bonchev–Trinajstić information content (AvgIpc) is 2.42. The smallest absolute Gasteiger partial charge is 0.246 e. The third-order valence-electron chi connectivity index (χ3n) is 2.24. The Labute approximate surface area is 89.4 Å². The minimum absolute atomic E-state index is 0.0972. The van der Waals surface area contributed by atoms with Gasteiger partial charge in [0.2, 0.25) is 5.91 Å². The summed E-state index contributed by atoms with van der Waals surface area (Å²) in [6.07, 6.45) is 0. The molecule has 0 spiro atoms. The van der Waals surface area contributed by atoms with E-state index in [9.17, 15) is 9.90 Å². The number of phenolic OH excluding ortho intramolecular Hbond substituents is 1. The van der Waals surface area contributed by atoms with Crippen LogP contribution in [-0.2, 0) is 4.79 Å². The van der Waals surface area contributed by atoms with Crippen molar-refractivity contribution in [2.24, 2.45) is 0 Å². The summed E-state index contributed by atoms with van der Waals surface area (Å²) in [5, 5.41) is 15.0. The SMILES string of the molecule is CNC1C(=O)Nc2cc(O)c(Br)cc21. The van der Waals surface area contributed by atoms with Gasteiger partial charge < -0.3 is 15.7 Å². The summed E-state index contributed by atoms with van der Waals surface area (Å²) >= 11 is 3.21. The highest BCUT2D eigenvalue weighted by Gasteiger charge is 2.29. The van der Waals surface area contributed by atoms with Crippen molar-refractivity contribution in [1.29, 1.82) is 0 Å². The maximum absolute atomic E-state index is 11.4. The van der Waals surface area contributed by atoms with Crippen LogP contribution in [0.25, 0.3) is 0 Å². The zero-order valence-corrected chi connectivity index (χ0v) is 9.05. The van der Waals surface area contributed by atoms with E-state index in [4.69, 9.17) is 0 Å². The third-order valence-corrected chi connectivity index (χ3v) is 2.87. The number of fused-ring (bicyclic) bond motifs is 1. The molecule has 1 heterocycles. The van der Waals surface area contributed by atoms with Gasteiger partial charge in [0, 0.05) is 17.3 Å². The van der Waals surface area contributed by atoms with E-state index in [0.717, 1.165) is 5.56 Å². The van der Waals surface area contributed by atoms with E-state index in [1.807, 2.05) is 0 Å². The number of hydrogen-bond acceptors (Lipinski definition) is 3. The summed E-state index contributed by atoms with van der Waals surface area (Å²) in [6.45, 7) is 0. The van der Waals surface area contributed by atoms with Crippen LogP contribution in [0.2, 0.25) is 0 Å². The predicted octanol–water partition coefficient (Wildman–Crippen LogP) is 1.37. The number of hydrogen-bond donors (Lipinski definition) is 3. The molecule has 0 radical (unpaired) electrons. The van der Waals surface area contributed by atoms with Crippen molar-refractivity contribution in [3.8, 4) is 5.75 Å². The van der Waals surface area contributed by atoms with E-state index < -0.39 is 0 Å². The van der Waals surface area contributed by atoms with Gasteiger partial charge in [-0.25, -0.2) is 0 Å². The monoisotopic (exact) mass is 256 g/mol. The molecule has 4 nitrogen and oxygen atoms in total. The number of halogens is 1. The number of aromatic hydroxyl groups is 1. The van der Waals surface area contributed by atoms with Crippen LogP contribution in [0.3, 0.4) is 0 Å². The average molecular weight is 257 g/mol. The molecule has 1 aliphatic rings. The van der Waals surface area contributed by atoms with Crippen molar-refractivity contribution < 1.29 is 9.90 Å². The van der Waals surface area contributed by atoms with E-state index in [1.165, 1.54) is 6.07 Å². The van der Waals surface area contributed by atoms with E-state index in [1.54, 1.807) is 13.1 Å². The van der Waals surface area contributed by atoms with Gasteiger partial charge in [0.15, 0.2) is 0 Å². The highest BCUT2D eigenvalue weighted by atomic mass is 79.9. The van der Waals surface area contributed by atoms with Crippen molar-refractivity contribution in [3.05, 3.63) is 22.2 Å². The zero-order chi connectivity index (χ0) is 10.3. The molecular weight excluding hydrogens is 248 g/mol. The number of benzene rings is 1. The second-order valence-electron chi connectivity index (χ2n) is 3.10. The molecule has 14 heavy (non-hydrogen) atoms. The third kappa shape index (κ3) is 1.29. The number of carbonyl (C=O) groups excluding carboxylic acids is 1. The lowest BCUT2D eigenvalue weighted by molar-refractivity contribution is -0.117. The van der Waals surface area contributed by atoms with Crippen LogP contribution < -0.4 is 10.6 Å². The Morgan fingerprint density at radius 3 is 2.93 bits per heavy atom. The first-order valence-corrected chi connectivity index (χ1v) is 4.93. The molecule has 1 aromatic rings. The first-order chi connectivity index (χ1) is 6.63. The Morgan fingerprint density at radius 1 is 1.57 bits per heavy atom. The summed E-state index contributed by atoms with van der Waals surface area (Å²) in [4.78, 5) is 11.4. The van der Waals surface area contributed by atoms with Gasteiger partial charge in [0.25, 0.3) is 0 Å². The first kappa shape index (κ1) is 9.48. The number of phenols is 1. The molecule has 0 saturated carbocycles. The Balaban J connectivity index is 2.54. The number of rotatable bonds is 1. The second kappa shape index (κ2) is 3.25. The molecule has 1 aliphatic heterocycles. The minimum Gasteiger partial charge on any atom is -0.507 e. The molecule has 1 atom stereocenters. The Bertz CT molecular complexity index is 406. The lowest BCUT2D eigenvalue weighted by Gasteiger charge is -2.07. The first-order valence-electron chi connectivity index (χ1n) is 4.14. The van der Waals surface area contributed by atoms with Crippen molar-refractivity contribution in [2.45, 2.75) is 6.04 Å². The van der Waals surface area contributed by atoms with Gasteiger partial charge in [0.1, 0.15) is 11.8 Å². The quantitative estimate of drug-likeness (QED) is 0.712. The van der Waals surface area contributed by atoms with Crippen LogP contribution >= 0.6 is 15.9 Å². The van der Waals surface area contributed by atoms with Crippen molar-refractivity contribution >= 4 is 27.5 Å². The molecule has 0 fully saturated rings. The van der Waals surface area contributed by atoms with Crippen molar-refractivity contribution in [1.82, 2.24) is 5.32 Å². The fraction of sp³-hybridized carbons (Fsp3) is 0.222. The Hall–Kier alpha value is -1.07. The highest BCUT2D eigenvalue weighted by molar-refractivity contribution is 9.10. The summed E-state index contributed by atoms with van der Waals surface area (Å²) in [7, 11) is 1.72. The molecule has 0 aliphatic carbocycles. The Morgan fingerprint density at radius 2 is 2.29 bits per heavy atom. The van der Waals surface area contributed by atoms with Gasteiger partial charge >= 0.3 is 0 Å². The van der Waals surface area contributed by atoms with E-state index in [0.29, 0.717) is 10.2 Å². The molecule has 2 rings (SSSR count). The lowest BCUT2D eigenvalue weighted by Crippen LogP contribution is -2.23. The molecule has 74 valence electrons. The molecule has 0 aromatic heterocycles. The number of carbonyl (C=O) groups is 1. The molecule has 1 unspecified atom stereocenters. The summed E-state index contributed by atoms with van der Waals surface area (Å²) in [5.74, 6) is 0.0285. The zero-order valence-electron chi connectivity index (χ0n) is 7.47. The largest absolute Gasteiger partial charge is 0.507 e. The van der Waals surface area contributed by atoms with Crippen LogP contribution in [0.5, 0.6) is 5.75 Å². The molecule has 1 amide bonds. The summed E-state index contributed by atoms with van der Waals surface area (Å²) < 4.78 is 0.591. The van der Waals surface area contributed by atoms with Gasteiger partial charge in [-0.05, 0) is 29.0 Å². The second-order valence-corrected chi connectivity index (χ2v) is 3.96. The number of nitrogens with one attached hydrogen (secondary N) is 2. The van der Waals surface area contributed by atoms with Crippen LogP contribution in [0.4, 0.5) is 5.69 Å². The molecule has 0 bridgehead atoms. The molecular formula is C9H9BrN2O2. The van der Waals surface area contributed by atoms with Crippen LogP contribution in [-0.4, -0.2) is 18.1 Å². The van der Waals surface area contributed by atoms with Crippen LogP contribution in [0.15, 0.2) is 16.6 Å². The number of amides is 1. The molecule has 3 N–H and O–H groups in total. The minimum atomic E-state index is -0.332. The fourth-order valence-corrected chi connectivity index (χ4v) is 1.92. The van der Waals surface area contributed by atoms with Crippen molar-refractivity contribution in [2.75, 3.05) is 12.4 Å². The van der Waals surface area contributed by atoms with Gasteiger partial charge in [-0.3, -0.25) is 4.79 Å². The van der Waals surface area contributed by atoms with E-state index in [-0.39, 0.29) is 17.7 Å². The molecule has 5 heteroatoms. The summed E-state index contributed by atoms with van der Waals surface area (Å²) in [5.41, 5.74) is 1.51. The van der Waals surface area contributed by atoms with Crippen LogP contribution in [0, 0.1) is 0 Å². The van der Waals surface area contributed by atoms with Gasteiger partial charge in [-0.1, -0.05) is 0 Å². The molecule has 1 aromatic carbocycles. The topological polar surface area (TPSA) is 61.4 Å². The Kier molecular flexibility index (Phi) is 2.20. The predicted molar refractivity (Wildman–Crippen MR) is 56.2 cm³/mol. The van der Waals surface area contributed by atoms with Gasteiger partial charge in [-0.2, -0.15) is 0 Å². The maximum Gasteiger partial charge on any atom is 0.246 e. The normalized spacial score (nSPS) is 19.3.